The Balaban J connectivity index is 1.05. The van der Waals surface area contributed by atoms with Crippen molar-refractivity contribution in [3.05, 3.63) is 101 Å². The summed E-state index contributed by atoms with van der Waals surface area (Å²) in [7, 11) is 0. The predicted molar refractivity (Wildman–Crippen MR) is 153 cm³/mol. The Morgan fingerprint density at radius 3 is 2.38 bits per heavy atom. The van der Waals surface area contributed by atoms with Crippen molar-refractivity contribution < 1.29 is 19.4 Å². The molecule has 1 heterocycles. The fraction of sp³-hybridized carbons (Fsp3) is 0.429. The lowest BCUT2D eigenvalue weighted by Crippen LogP contribution is -2.52. The Labute approximate surface area is 236 Å². The van der Waals surface area contributed by atoms with Crippen molar-refractivity contribution in [2.45, 2.75) is 70.0 Å². The Morgan fingerprint density at radius 2 is 1.62 bits per heavy atom. The SMILES string of the molecule is C[C@]12CC[C@@H]3c4ccc(OCc5ccccc5)cc4CC[C@H]3[C@@H]1CC[C@@]2(O)CCN1C(=O)c2ccccc2C1=O. The van der Waals surface area contributed by atoms with Gasteiger partial charge in [-0.15, -0.1) is 0 Å². The maximum Gasteiger partial charge on any atom is 0.261 e. The molecule has 7 rings (SSSR count). The van der Waals surface area contributed by atoms with E-state index >= 15 is 0 Å². The molecule has 0 unspecified atom stereocenters. The van der Waals surface area contributed by atoms with Crippen LogP contribution in [0.15, 0.2) is 72.8 Å². The molecule has 2 saturated carbocycles. The minimum Gasteiger partial charge on any atom is -0.489 e. The van der Waals surface area contributed by atoms with Crippen LogP contribution in [0.25, 0.3) is 0 Å². The van der Waals surface area contributed by atoms with Gasteiger partial charge in [0.25, 0.3) is 11.8 Å². The van der Waals surface area contributed by atoms with Crippen LogP contribution in [0.5, 0.6) is 5.75 Å². The average Bonchev–Trinajstić information content (AvgIpc) is 3.40. The fourth-order valence-corrected chi connectivity index (χ4v) is 8.65. The third kappa shape index (κ3) is 3.93. The Morgan fingerprint density at radius 1 is 0.900 bits per heavy atom. The second-order valence-electron chi connectivity index (χ2n) is 12.6. The lowest BCUT2D eigenvalue weighted by Gasteiger charge is -2.53. The Hall–Kier alpha value is -3.44. The molecule has 3 aliphatic carbocycles. The molecule has 0 saturated heterocycles. The summed E-state index contributed by atoms with van der Waals surface area (Å²) in [5.74, 6) is 1.98. The average molecular weight is 536 g/mol. The molecule has 0 aromatic heterocycles. The summed E-state index contributed by atoms with van der Waals surface area (Å²) >= 11 is 0. The van der Waals surface area contributed by atoms with E-state index in [0.717, 1.165) is 44.3 Å². The normalized spacial score (nSPS) is 30.4. The first-order chi connectivity index (χ1) is 19.4. The van der Waals surface area contributed by atoms with Gasteiger partial charge in [-0.25, -0.2) is 0 Å². The number of benzene rings is 3. The largest absolute Gasteiger partial charge is 0.489 e. The summed E-state index contributed by atoms with van der Waals surface area (Å²) in [5, 5.41) is 12.1. The number of amides is 2. The second-order valence-corrected chi connectivity index (χ2v) is 12.6. The molecule has 4 aliphatic rings. The molecule has 5 nitrogen and oxygen atoms in total. The number of carbonyl (C=O) groups is 2. The van der Waals surface area contributed by atoms with Crippen molar-refractivity contribution >= 4 is 11.8 Å². The van der Waals surface area contributed by atoms with Crippen molar-refractivity contribution in [2.24, 2.45) is 17.3 Å². The minimum atomic E-state index is -0.868. The van der Waals surface area contributed by atoms with E-state index in [1.165, 1.54) is 21.6 Å². The molecule has 3 aromatic carbocycles. The first kappa shape index (κ1) is 25.5. The number of aliphatic hydroxyl groups is 1. The van der Waals surface area contributed by atoms with Gasteiger partial charge in [0.2, 0.25) is 0 Å². The van der Waals surface area contributed by atoms with Crippen LogP contribution < -0.4 is 4.74 Å². The van der Waals surface area contributed by atoms with Crippen LogP contribution in [0.4, 0.5) is 0 Å². The Kier molecular flexibility index (Phi) is 6.12. The standard InChI is InChI=1S/C35H37NO4/c1-34-17-15-27-26-14-12-25(40-22-23-7-3-2-4-8-23)21-24(26)11-13-28(27)31(34)16-18-35(34,39)19-20-36-32(37)29-9-5-6-10-30(29)33(36)38/h2-10,12,14,21,27-28,31,39H,11,13,15-20,22H2,1H3/t27-,28-,31+,34+,35-/m1/s1. The van der Waals surface area contributed by atoms with Crippen LogP contribution in [0.2, 0.25) is 0 Å². The Bertz CT molecular complexity index is 1430. The van der Waals surface area contributed by atoms with Crippen molar-refractivity contribution in [1.82, 2.24) is 4.90 Å². The lowest BCUT2D eigenvalue weighted by atomic mass is 9.53. The van der Waals surface area contributed by atoms with Crippen LogP contribution in [0, 0.1) is 17.3 Å². The van der Waals surface area contributed by atoms with Crippen molar-refractivity contribution in [3.8, 4) is 5.75 Å². The van der Waals surface area contributed by atoms with Gasteiger partial charge in [-0.05, 0) is 109 Å². The third-order valence-corrected chi connectivity index (χ3v) is 10.9. The highest BCUT2D eigenvalue weighted by atomic mass is 16.5. The molecule has 2 amide bonds. The summed E-state index contributed by atoms with van der Waals surface area (Å²) in [5.41, 5.74) is 3.93. The van der Waals surface area contributed by atoms with Gasteiger partial charge in [0, 0.05) is 6.54 Å². The monoisotopic (exact) mass is 535 g/mol. The zero-order valence-corrected chi connectivity index (χ0v) is 23.1. The number of hydrogen-bond acceptors (Lipinski definition) is 4. The van der Waals surface area contributed by atoms with E-state index in [2.05, 4.69) is 37.3 Å². The van der Waals surface area contributed by atoms with Crippen molar-refractivity contribution in [3.63, 3.8) is 0 Å². The van der Waals surface area contributed by atoms with Crippen LogP contribution in [-0.4, -0.2) is 34.0 Å². The molecule has 1 N–H and O–H groups in total. The summed E-state index contributed by atoms with van der Waals surface area (Å²) in [4.78, 5) is 27.2. The third-order valence-electron chi connectivity index (χ3n) is 10.9. The quantitative estimate of drug-likeness (QED) is 0.364. The highest BCUT2D eigenvalue weighted by molar-refractivity contribution is 6.21. The zero-order chi connectivity index (χ0) is 27.5. The van der Waals surface area contributed by atoms with E-state index in [1.807, 2.05) is 18.2 Å². The first-order valence-corrected chi connectivity index (χ1v) is 14.9. The molecule has 0 bridgehead atoms. The number of carbonyl (C=O) groups excluding carboxylic acids is 2. The van der Waals surface area contributed by atoms with Crippen LogP contribution in [0.3, 0.4) is 0 Å². The lowest BCUT2D eigenvalue weighted by molar-refractivity contribution is -0.108. The van der Waals surface area contributed by atoms with Gasteiger partial charge in [-0.1, -0.05) is 55.5 Å². The van der Waals surface area contributed by atoms with Gasteiger partial charge in [-0.3, -0.25) is 14.5 Å². The minimum absolute atomic E-state index is 0.205. The highest BCUT2D eigenvalue weighted by Crippen LogP contribution is 2.65. The van der Waals surface area contributed by atoms with Crippen molar-refractivity contribution in [1.29, 1.82) is 0 Å². The van der Waals surface area contributed by atoms with Gasteiger partial charge in [0.05, 0.1) is 16.7 Å². The maximum atomic E-state index is 12.9. The number of rotatable bonds is 6. The van der Waals surface area contributed by atoms with E-state index in [-0.39, 0.29) is 23.8 Å². The van der Waals surface area contributed by atoms with E-state index < -0.39 is 5.60 Å². The van der Waals surface area contributed by atoms with Gasteiger partial charge < -0.3 is 9.84 Å². The van der Waals surface area contributed by atoms with Crippen LogP contribution >= 0.6 is 0 Å². The predicted octanol–water partition coefficient (Wildman–Crippen LogP) is 6.54. The number of imide groups is 1. The maximum absolute atomic E-state index is 12.9. The van der Waals surface area contributed by atoms with E-state index in [4.69, 9.17) is 4.74 Å². The fourth-order valence-electron chi connectivity index (χ4n) is 8.65. The number of hydrogen-bond donors (Lipinski definition) is 1. The summed E-state index contributed by atoms with van der Waals surface area (Å²) in [6.45, 7) is 3.12. The van der Waals surface area contributed by atoms with Crippen LogP contribution in [0.1, 0.15) is 88.8 Å². The summed E-state index contributed by atoms with van der Waals surface area (Å²) in [6, 6.07) is 24.0. The molecule has 2 fully saturated rings. The molecule has 1 aliphatic heterocycles. The van der Waals surface area contributed by atoms with E-state index in [9.17, 15) is 14.7 Å². The van der Waals surface area contributed by atoms with E-state index in [0.29, 0.717) is 41.9 Å². The van der Waals surface area contributed by atoms with Crippen molar-refractivity contribution in [2.75, 3.05) is 6.54 Å². The molecular formula is C35H37NO4. The molecule has 5 heteroatoms. The summed E-state index contributed by atoms with van der Waals surface area (Å²) in [6.07, 6.45) is 6.38. The topological polar surface area (TPSA) is 66.8 Å². The highest BCUT2D eigenvalue weighted by Gasteiger charge is 2.61. The molecule has 5 atom stereocenters. The number of ether oxygens (including phenoxy) is 1. The molecule has 206 valence electrons. The van der Waals surface area contributed by atoms with Gasteiger partial charge in [0.15, 0.2) is 0 Å². The number of nitrogens with zero attached hydrogens (tertiary/aromatic N) is 1. The number of aryl methyl sites for hydroxylation is 1. The van der Waals surface area contributed by atoms with Gasteiger partial charge in [0.1, 0.15) is 12.4 Å². The van der Waals surface area contributed by atoms with Gasteiger partial charge in [-0.2, -0.15) is 0 Å². The molecule has 40 heavy (non-hydrogen) atoms. The molecular weight excluding hydrogens is 498 g/mol. The van der Waals surface area contributed by atoms with E-state index in [1.54, 1.807) is 24.3 Å². The molecule has 0 spiro atoms. The molecule has 3 aromatic rings. The smallest absolute Gasteiger partial charge is 0.261 e. The number of fused-ring (bicyclic) bond motifs is 6. The zero-order valence-electron chi connectivity index (χ0n) is 23.1. The molecule has 0 radical (unpaired) electrons. The first-order valence-electron chi connectivity index (χ1n) is 14.9. The van der Waals surface area contributed by atoms with Gasteiger partial charge >= 0.3 is 0 Å². The summed E-state index contributed by atoms with van der Waals surface area (Å²) < 4.78 is 6.13. The van der Waals surface area contributed by atoms with Crippen LogP contribution in [-0.2, 0) is 13.0 Å². The second kappa shape index (κ2) is 9.59.